The summed E-state index contributed by atoms with van der Waals surface area (Å²) in [4.78, 5) is 23.1. The summed E-state index contributed by atoms with van der Waals surface area (Å²) in [5, 5.41) is 8.90. The predicted molar refractivity (Wildman–Crippen MR) is 78.4 cm³/mol. The zero-order valence-electron chi connectivity index (χ0n) is 13.0. The fraction of sp³-hybridized carbons (Fsp3) is 0.882. The van der Waals surface area contributed by atoms with E-state index in [9.17, 15) is 9.59 Å². The largest absolute Gasteiger partial charge is 0.481 e. The van der Waals surface area contributed by atoms with E-state index in [0.29, 0.717) is 36.4 Å². The number of ketones is 1. The molecular formula is C17H28O3. The van der Waals surface area contributed by atoms with Crippen LogP contribution < -0.4 is 0 Å². The topological polar surface area (TPSA) is 54.4 Å². The van der Waals surface area contributed by atoms with Crippen molar-refractivity contribution in [1.29, 1.82) is 0 Å². The highest BCUT2D eigenvalue weighted by molar-refractivity contribution is 5.83. The number of hydrogen-bond acceptors (Lipinski definition) is 2. The first-order valence-electron chi connectivity index (χ1n) is 8.14. The van der Waals surface area contributed by atoms with Gasteiger partial charge >= 0.3 is 5.97 Å². The molecule has 0 aromatic heterocycles. The summed E-state index contributed by atoms with van der Waals surface area (Å²) in [6.45, 7) is 6.94. The van der Waals surface area contributed by atoms with Crippen LogP contribution >= 0.6 is 0 Å². The van der Waals surface area contributed by atoms with E-state index < -0.39 is 5.97 Å². The molecule has 0 aromatic rings. The van der Waals surface area contributed by atoms with Gasteiger partial charge in [0.25, 0.3) is 0 Å². The molecule has 2 aliphatic carbocycles. The van der Waals surface area contributed by atoms with E-state index in [1.54, 1.807) is 0 Å². The van der Waals surface area contributed by atoms with E-state index >= 15 is 0 Å². The van der Waals surface area contributed by atoms with E-state index in [1.165, 1.54) is 12.8 Å². The molecule has 0 amide bonds. The third kappa shape index (κ3) is 2.64. The lowest BCUT2D eigenvalue weighted by Crippen LogP contribution is -2.43. The highest BCUT2D eigenvalue weighted by Crippen LogP contribution is 2.59. The molecule has 2 rings (SSSR count). The van der Waals surface area contributed by atoms with Crippen molar-refractivity contribution in [2.24, 2.45) is 29.1 Å². The zero-order valence-corrected chi connectivity index (χ0v) is 13.0. The molecule has 3 nitrogen and oxygen atoms in total. The molecule has 2 aliphatic rings. The Morgan fingerprint density at radius 2 is 2.15 bits per heavy atom. The van der Waals surface area contributed by atoms with Crippen LogP contribution in [0.3, 0.4) is 0 Å². The van der Waals surface area contributed by atoms with Crippen molar-refractivity contribution in [3.8, 4) is 0 Å². The molecule has 0 spiro atoms. The summed E-state index contributed by atoms with van der Waals surface area (Å²) in [5.41, 5.74) is 0.256. The third-order valence-corrected chi connectivity index (χ3v) is 6.29. The Balaban J connectivity index is 2.16. The molecule has 114 valence electrons. The van der Waals surface area contributed by atoms with Crippen LogP contribution in [0.4, 0.5) is 0 Å². The Morgan fingerprint density at radius 1 is 1.45 bits per heavy atom. The zero-order chi connectivity index (χ0) is 14.9. The van der Waals surface area contributed by atoms with E-state index in [0.717, 1.165) is 12.8 Å². The molecular weight excluding hydrogens is 252 g/mol. The van der Waals surface area contributed by atoms with E-state index in [1.807, 2.05) is 0 Å². The van der Waals surface area contributed by atoms with Crippen LogP contribution in [0.15, 0.2) is 0 Å². The second kappa shape index (κ2) is 5.87. The summed E-state index contributed by atoms with van der Waals surface area (Å²) in [5.74, 6) is 1.37. The predicted octanol–water partition coefficient (Wildman–Crippen LogP) is 3.91. The smallest absolute Gasteiger partial charge is 0.303 e. The van der Waals surface area contributed by atoms with Crippen LogP contribution in [0.25, 0.3) is 0 Å². The van der Waals surface area contributed by atoms with Gasteiger partial charge in [0.05, 0.1) is 0 Å². The highest BCUT2D eigenvalue weighted by Gasteiger charge is 2.54. The minimum absolute atomic E-state index is 0.00101. The maximum Gasteiger partial charge on any atom is 0.303 e. The third-order valence-electron chi connectivity index (χ3n) is 6.29. The summed E-state index contributed by atoms with van der Waals surface area (Å²) in [6.07, 6.45) is 5.87. The van der Waals surface area contributed by atoms with Crippen molar-refractivity contribution in [2.75, 3.05) is 0 Å². The summed E-state index contributed by atoms with van der Waals surface area (Å²) >= 11 is 0. The van der Waals surface area contributed by atoms with Crippen LogP contribution in [0.2, 0.25) is 0 Å². The molecule has 0 heterocycles. The van der Waals surface area contributed by atoms with Crippen LogP contribution in [0.1, 0.15) is 65.7 Å². The first-order chi connectivity index (χ1) is 9.40. The van der Waals surface area contributed by atoms with E-state index in [2.05, 4.69) is 20.8 Å². The molecule has 3 heteroatoms. The fourth-order valence-corrected chi connectivity index (χ4v) is 4.99. The van der Waals surface area contributed by atoms with Gasteiger partial charge in [-0.05, 0) is 48.9 Å². The molecule has 2 saturated carbocycles. The first kappa shape index (κ1) is 15.5. The van der Waals surface area contributed by atoms with Gasteiger partial charge in [0.1, 0.15) is 5.78 Å². The molecule has 0 radical (unpaired) electrons. The monoisotopic (exact) mass is 280 g/mol. The quantitative estimate of drug-likeness (QED) is 0.830. The number of carboxylic acids is 1. The van der Waals surface area contributed by atoms with Crippen molar-refractivity contribution < 1.29 is 14.7 Å². The average molecular weight is 280 g/mol. The second-order valence-corrected chi connectivity index (χ2v) is 7.19. The number of hydrogen-bond donors (Lipinski definition) is 1. The maximum absolute atomic E-state index is 12.2. The molecule has 20 heavy (non-hydrogen) atoms. The lowest BCUT2D eigenvalue weighted by Gasteiger charge is -2.46. The number of carbonyl (C=O) groups excluding carboxylic acids is 1. The maximum atomic E-state index is 12.2. The molecule has 0 saturated heterocycles. The van der Waals surface area contributed by atoms with Crippen molar-refractivity contribution in [1.82, 2.24) is 0 Å². The lowest BCUT2D eigenvalue weighted by atomic mass is 9.58. The fourth-order valence-electron chi connectivity index (χ4n) is 4.99. The lowest BCUT2D eigenvalue weighted by molar-refractivity contribution is -0.139. The number of carbonyl (C=O) groups is 2. The van der Waals surface area contributed by atoms with Crippen LogP contribution in [0.5, 0.6) is 0 Å². The van der Waals surface area contributed by atoms with Gasteiger partial charge in [0, 0.05) is 18.8 Å². The normalized spacial score (nSPS) is 38.5. The molecule has 2 fully saturated rings. The van der Waals surface area contributed by atoms with Crippen LogP contribution in [-0.2, 0) is 9.59 Å². The number of rotatable bonds is 5. The molecule has 5 atom stereocenters. The minimum atomic E-state index is -0.776. The summed E-state index contributed by atoms with van der Waals surface area (Å²) < 4.78 is 0. The average Bonchev–Trinajstić information content (AvgIpc) is 2.75. The summed E-state index contributed by atoms with van der Waals surface area (Å²) in [7, 11) is 0. The standard InChI is InChI=1S/C17H28O3/c1-4-11(2)13-6-7-14-12(5-8-16(19)20)15(18)9-10-17(13,14)3/h11-14H,4-10H2,1-3H3,(H,19,20)/t11-,12+,13?,14?,17-/m1/s1. The molecule has 0 bridgehead atoms. The Bertz CT molecular complexity index is 390. The molecule has 2 unspecified atom stereocenters. The van der Waals surface area contributed by atoms with Crippen molar-refractivity contribution in [3.63, 3.8) is 0 Å². The molecule has 1 N–H and O–H groups in total. The number of Topliss-reactive ketones (excluding diaryl/α,β-unsaturated/α-hetero) is 1. The minimum Gasteiger partial charge on any atom is -0.481 e. The van der Waals surface area contributed by atoms with E-state index in [4.69, 9.17) is 5.11 Å². The molecule has 0 aliphatic heterocycles. The summed E-state index contributed by atoms with van der Waals surface area (Å²) in [6, 6.07) is 0. The molecule has 0 aromatic carbocycles. The Hall–Kier alpha value is -0.860. The number of carboxylic acid groups (broad SMARTS) is 1. The van der Waals surface area contributed by atoms with Gasteiger partial charge in [-0.3, -0.25) is 9.59 Å². The van der Waals surface area contributed by atoms with Crippen molar-refractivity contribution in [3.05, 3.63) is 0 Å². The van der Waals surface area contributed by atoms with Crippen LogP contribution in [-0.4, -0.2) is 16.9 Å². The van der Waals surface area contributed by atoms with Gasteiger partial charge in [0.2, 0.25) is 0 Å². The first-order valence-corrected chi connectivity index (χ1v) is 8.14. The van der Waals surface area contributed by atoms with Gasteiger partial charge in [-0.1, -0.05) is 27.2 Å². The van der Waals surface area contributed by atoms with Crippen molar-refractivity contribution >= 4 is 11.8 Å². The SMILES string of the molecule is CC[C@@H](C)C1CCC2[C@H](CCC(=O)O)C(=O)CC[C@]12C. The Labute approximate surface area is 122 Å². The van der Waals surface area contributed by atoms with Crippen LogP contribution in [0, 0.1) is 29.1 Å². The number of aliphatic carboxylic acids is 1. The van der Waals surface area contributed by atoms with Gasteiger partial charge < -0.3 is 5.11 Å². The Kier molecular flexibility index (Phi) is 4.55. The number of fused-ring (bicyclic) bond motifs is 1. The van der Waals surface area contributed by atoms with E-state index in [-0.39, 0.29) is 17.8 Å². The van der Waals surface area contributed by atoms with Gasteiger partial charge in [-0.2, -0.15) is 0 Å². The van der Waals surface area contributed by atoms with Gasteiger partial charge in [-0.15, -0.1) is 0 Å². The highest BCUT2D eigenvalue weighted by atomic mass is 16.4. The van der Waals surface area contributed by atoms with Crippen molar-refractivity contribution in [2.45, 2.75) is 65.7 Å². The van der Waals surface area contributed by atoms with Gasteiger partial charge in [-0.25, -0.2) is 0 Å². The van der Waals surface area contributed by atoms with Gasteiger partial charge in [0.15, 0.2) is 0 Å². The Morgan fingerprint density at radius 3 is 2.75 bits per heavy atom. The second-order valence-electron chi connectivity index (χ2n) is 7.19.